The molecule has 1 unspecified atom stereocenters. The van der Waals surface area contributed by atoms with E-state index in [1.165, 1.54) is 36.4 Å². The van der Waals surface area contributed by atoms with Crippen molar-refractivity contribution in [3.63, 3.8) is 0 Å². The Balaban J connectivity index is 1.42. The number of rotatable bonds is 8. The minimum Gasteiger partial charge on any atom is -0.487 e. The first kappa shape index (κ1) is 27.7. The van der Waals surface area contributed by atoms with Gasteiger partial charge >= 0.3 is 12.3 Å². The highest BCUT2D eigenvalue weighted by atomic mass is 19.4. The molecule has 3 aliphatic rings. The van der Waals surface area contributed by atoms with Gasteiger partial charge in [0.1, 0.15) is 30.0 Å². The Hall–Kier alpha value is -3.86. The quantitative estimate of drug-likeness (QED) is 0.305. The van der Waals surface area contributed by atoms with E-state index in [2.05, 4.69) is 10.1 Å². The maximum absolute atomic E-state index is 13.9. The summed E-state index contributed by atoms with van der Waals surface area (Å²) in [5, 5.41) is 13.7. The monoisotopic (exact) mass is 560 g/mol. The van der Waals surface area contributed by atoms with Crippen molar-refractivity contribution in [3.05, 3.63) is 71.5 Å². The van der Waals surface area contributed by atoms with Gasteiger partial charge in [-0.25, -0.2) is 9.18 Å². The Labute approximate surface area is 227 Å². The van der Waals surface area contributed by atoms with Crippen molar-refractivity contribution >= 4 is 22.6 Å². The lowest BCUT2D eigenvalue weighted by atomic mass is 9.55. The highest BCUT2D eigenvalue weighted by Crippen LogP contribution is 2.53. The van der Waals surface area contributed by atoms with Crippen molar-refractivity contribution < 1.29 is 41.7 Å². The Kier molecular flexibility index (Phi) is 7.11. The van der Waals surface area contributed by atoms with E-state index in [9.17, 15) is 32.3 Å². The van der Waals surface area contributed by atoms with Crippen molar-refractivity contribution in [3.8, 4) is 11.5 Å². The maximum Gasteiger partial charge on any atom is 0.573 e. The van der Waals surface area contributed by atoms with Gasteiger partial charge in [0.2, 0.25) is 0 Å². The van der Waals surface area contributed by atoms with Gasteiger partial charge in [-0.05, 0) is 85.9 Å². The normalized spacial score (nSPS) is 23.0. The predicted octanol–water partition coefficient (Wildman–Crippen LogP) is 5.69. The molecule has 3 saturated carbocycles. The smallest absolute Gasteiger partial charge is 0.487 e. The van der Waals surface area contributed by atoms with E-state index in [1.807, 2.05) is 0 Å². The number of ether oxygens (including phenoxy) is 2. The molecule has 0 spiro atoms. The second-order valence-electron chi connectivity index (χ2n) is 10.8. The van der Waals surface area contributed by atoms with Crippen molar-refractivity contribution in [1.82, 2.24) is 5.32 Å². The van der Waals surface area contributed by atoms with Crippen LogP contribution in [0.3, 0.4) is 0 Å². The van der Waals surface area contributed by atoms with Crippen LogP contribution in [-0.2, 0) is 11.4 Å². The Morgan fingerprint density at radius 2 is 1.62 bits per heavy atom. The predicted molar refractivity (Wildman–Crippen MR) is 137 cm³/mol. The average molecular weight is 561 g/mol. The van der Waals surface area contributed by atoms with E-state index in [1.54, 1.807) is 6.07 Å². The number of benzene rings is 3. The lowest BCUT2D eigenvalue weighted by Crippen LogP contribution is -2.61. The number of hydrogen-bond donors (Lipinski definition) is 3. The minimum atomic E-state index is -4.82. The van der Waals surface area contributed by atoms with Gasteiger partial charge in [-0.3, -0.25) is 4.79 Å². The molecule has 1 atom stereocenters. The molecule has 2 bridgehead atoms. The molecule has 0 saturated heterocycles. The Morgan fingerprint density at radius 1 is 0.975 bits per heavy atom. The molecule has 3 aromatic rings. The van der Waals surface area contributed by atoms with Crippen LogP contribution in [0.2, 0.25) is 0 Å². The molecule has 0 heterocycles. The topological polar surface area (TPSA) is 111 Å². The summed E-state index contributed by atoms with van der Waals surface area (Å²) >= 11 is 0. The molecule has 6 rings (SSSR count). The molecule has 3 aromatic carbocycles. The SMILES string of the molecule is NC12CCC(C(NC(=O)c3ccc4cc(F)ccc4c3OCc3ccc(OC(F)(F)F)cc3)C(=O)O)(CC1)CC2. The molecule has 3 aliphatic carbocycles. The Morgan fingerprint density at radius 3 is 2.23 bits per heavy atom. The number of carbonyl (C=O) groups excluding carboxylic acids is 1. The molecule has 11 heteroatoms. The Bertz CT molecular complexity index is 1420. The number of carboxylic acid groups (broad SMARTS) is 1. The van der Waals surface area contributed by atoms with Crippen LogP contribution in [0.25, 0.3) is 10.8 Å². The molecule has 212 valence electrons. The lowest BCUT2D eigenvalue weighted by molar-refractivity contribution is -0.274. The third kappa shape index (κ3) is 5.70. The number of amides is 1. The number of halogens is 4. The lowest BCUT2D eigenvalue weighted by Gasteiger charge is -2.54. The van der Waals surface area contributed by atoms with Gasteiger partial charge in [-0.15, -0.1) is 13.2 Å². The van der Waals surface area contributed by atoms with Gasteiger partial charge in [0.05, 0.1) is 5.56 Å². The van der Waals surface area contributed by atoms with Crippen LogP contribution in [0.15, 0.2) is 54.6 Å². The summed E-state index contributed by atoms with van der Waals surface area (Å²) in [7, 11) is 0. The summed E-state index contributed by atoms with van der Waals surface area (Å²) in [4.78, 5) is 26.0. The molecule has 0 aromatic heterocycles. The summed E-state index contributed by atoms with van der Waals surface area (Å²) < 4.78 is 61.2. The van der Waals surface area contributed by atoms with E-state index >= 15 is 0 Å². The fourth-order valence-corrected chi connectivity index (χ4v) is 5.91. The molecule has 0 aliphatic heterocycles. The standard InChI is InChI=1S/C29H28F4N2O5/c30-19-4-8-21-18(15-19)3-7-22(23(21)39-16-17-1-5-20(6-2-17)40-29(31,32)33)25(36)35-24(26(37)38)27-9-12-28(34,13-10-27)14-11-27/h1-8,15,24H,9-14,16,34H2,(H,35,36)(H,37,38). The molecule has 0 radical (unpaired) electrons. The van der Waals surface area contributed by atoms with Gasteiger partial charge < -0.3 is 25.6 Å². The first-order valence-electron chi connectivity index (χ1n) is 12.9. The van der Waals surface area contributed by atoms with Crippen molar-refractivity contribution in [1.29, 1.82) is 0 Å². The van der Waals surface area contributed by atoms with Crippen molar-refractivity contribution in [2.75, 3.05) is 0 Å². The second kappa shape index (κ2) is 10.3. The van der Waals surface area contributed by atoms with E-state index in [-0.39, 0.29) is 23.5 Å². The van der Waals surface area contributed by atoms with Crippen LogP contribution in [0.1, 0.15) is 54.4 Å². The molecule has 7 nitrogen and oxygen atoms in total. The molecule has 4 N–H and O–H groups in total. The number of nitrogens with two attached hydrogens (primary N) is 1. The third-order valence-electron chi connectivity index (χ3n) is 8.21. The number of fused-ring (bicyclic) bond motifs is 4. The number of alkyl halides is 3. The highest BCUT2D eigenvalue weighted by Gasteiger charge is 2.53. The number of nitrogens with one attached hydrogen (secondary N) is 1. The highest BCUT2D eigenvalue weighted by molar-refractivity contribution is 6.05. The first-order valence-corrected chi connectivity index (χ1v) is 12.9. The van der Waals surface area contributed by atoms with Gasteiger partial charge in [0.25, 0.3) is 5.91 Å². The third-order valence-corrected chi connectivity index (χ3v) is 8.21. The van der Waals surface area contributed by atoms with Crippen LogP contribution in [0.5, 0.6) is 11.5 Å². The van der Waals surface area contributed by atoms with E-state index < -0.39 is 41.3 Å². The number of carboxylic acids is 1. The number of carbonyl (C=O) groups is 2. The van der Waals surface area contributed by atoms with Crippen LogP contribution in [0, 0.1) is 11.2 Å². The molecular weight excluding hydrogens is 532 g/mol. The average Bonchev–Trinajstić information content (AvgIpc) is 2.90. The second-order valence-corrected chi connectivity index (χ2v) is 10.8. The van der Waals surface area contributed by atoms with Gasteiger partial charge in [-0.2, -0.15) is 0 Å². The summed E-state index contributed by atoms with van der Waals surface area (Å²) in [6, 6.07) is 10.8. The fraction of sp³-hybridized carbons (Fsp3) is 0.379. The van der Waals surface area contributed by atoms with E-state index in [0.29, 0.717) is 54.9 Å². The van der Waals surface area contributed by atoms with Crippen LogP contribution in [-0.4, -0.2) is 34.9 Å². The maximum atomic E-state index is 13.9. The van der Waals surface area contributed by atoms with E-state index in [0.717, 1.165) is 12.1 Å². The van der Waals surface area contributed by atoms with Gasteiger partial charge in [0.15, 0.2) is 0 Å². The van der Waals surface area contributed by atoms with Crippen molar-refractivity contribution in [2.24, 2.45) is 11.1 Å². The number of hydrogen-bond acceptors (Lipinski definition) is 5. The summed E-state index contributed by atoms with van der Waals surface area (Å²) in [6.07, 6.45) is -0.978. The molecular formula is C29H28F4N2O5. The minimum absolute atomic E-state index is 0.0542. The van der Waals surface area contributed by atoms with Gasteiger partial charge in [-0.1, -0.05) is 18.2 Å². The summed E-state index contributed by atoms with van der Waals surface area (Å²) in [5.41, 5.74) is 6.04. The first-order chi connectivity index (χ1) is 18.9. The largest absolute Gasteiger partial charge is 0.573 e. The molecule has 1 amide bonds. The van der Waals surface area contributed by atoms with E-state index in [4.69, 9.17) is 10.5 Å². The zero-order valence-corrected chi connectivity index (χ0v) is 21.4. The van der Waals surface area contributed by atoms with Crippen LogP contribution < -0.4 is 20.5 Å². The molecule has 3 fully saturated rings. The molecule has 40 heavy (non-hydrogen) atoms. The summed E-state index contributed by atoms with van der Waals surface area (Å²) in [6.45, 7) is -0.131. The number of aliphatic carboxylic acids is 1. The van der Waals surface area contributed by atoms with Crippen molar-refractivity contribution in [2.45, 2.75) is 63.1 Å². The van der Waals surface area contributed by atoms with Crippen LogP contribution >= 0.6 is 0 Å². The zero-order chi connectivity index (χ0) is 28.7. The van der Waals surface area contributed by atoms with Gasteiger partial charge in [0, 0.05) is 16.3 Å². The van der Waals surface area contributed by atoms with Crippen LogP contribution in [0.4, 0.5) is 17.6 Å². The fourth-order valence-electron chi connectivity index (χ4n) is 5.91. The summed E-state index contributed by atoms with van der Waals surface area (Å²) in [5.74, 6) is -2.58. The zero-order valence-electron chi connectivity index (χ0n) is 21.4.